The molecule has 0 amide bonds. The van der Waals surface area contributed by atoms with Crippen molar-refractivity contribution in [3.05, 3.63) is 80.2 Å². The lowest BCUT2D eigenvalue weighted by molar-refractivity contribution is 0.220. The summed E-state index contributed by atoms with van der Waals surface area (Å²) in [6.45, 7) is 2.04. The molecular formula is C18H14Br2O. The second-order valence-corrected chi connectivity index (χ2v) is 6.86. The molecule has 3 rings (SSSR count). The van der Waals surface area contributed by atoms with Gasteiger partial charge in [0, 0.05) is 14.5 Å². The van der Waals surface area contributed by atoms with Gasteiger partial charge in [0.2, 0.25) is 0 Å². The van der Waals surface area contributed by atoms with Crippen molar-refractivity contribution in [3.63, 3.8) is 0 Å². The fourth-order valence-corrected chi connectivity index (χ4v) is 3.49. The van der Waals surface area contributed by atoms with Crippen molar-refractivity contribution >= 4 is 42.6 Å². The van der Waals surface area contributed by atoms with E-state index in [0.29, 0.717) is 0 Å². The number of rotatable bonds is 2. The predicted molar refractivity (Wildman–Crippen MR) is 94.6 cm³/mol. The minimum atomic E-state index is -0.664. The lowest BCUT2D eigenvalue weighted by Crippen LogP contribution is -2.04. The van der Waals surface area contributed by atoms with Crippen LogP contribution in [0.5, 0.6) is 0 Å². The average Bonchev–Trinajstić information content (AvgIpc) is 2.49. The molecule has 3 aromatic rings. The molecule has 1 atom stereocenters. The van der Waals surface area contributed by atoms with E-state index in [4.69, 9.17) is 0 Å². The molecule has 3 aromatic carbocycles. The van der Waals surface area contributed by atoms with Gasteiger partial charge in [-0.15, -0.1) is 0 Å². The van der Waals surface area contributed by atoms with Crippen molar-refractivity contribution in [2.24, 2.45) is 0 Å². The summed E-state index contributed by atoms with van der Waals surface area (Å²) in [6, 6.07) is 18.2. The molecule has 0 saturated heterocycles. The Labute approximate surface area is 140 Å². The maximum atomic E-state index is 10.9. The Kier molecular flexibility index (Phi) is 4.16. The summed E-state index contributed by atoms with van der Waals surface area (Å²) in [5, 5.41) is 13.2. The van der Waals surface area contributed by atoms with Gasteiger partial charge in [-0.2, -0.15) is 0 Å². The first-order valence-corrected chi connectivity index (χ1v) is 8.28. The monoisotopic (exact) mass is 404 g/mol. The Hall–Kier alpha value is -1.16. The Balaban J connectivity index is 2.24. The molecule has 0 radical (unpaired) electrons. The fourth-order valence-electron chi connectivity index (χ4n) is 2.65. The van der Waals surface area contributed by atoms with Gasteiger partial charge in [0.25, 0.3) is 0 Å². The van der Waals surface area contributed by atoms with Gasteiger partial charge in [-0.3, -0.25) is 0 Å². The highest BCUT2D eigenvalue weighted by molar-refractivity contribution is 9.11. The van der Waals surface area contributed by atoms with E-state index in [-0.39, 0.29) is 0 Å². The first-order chi connectivity index (χ1) is 10.1. The number of aryl methyl sites for hydroxylation is 1. The number of benzene rings is 3. The van der Waals surface area contributed by atoms with E-state index >= 15 is 0 Å². The van der Waals surface area contributed by atoms with Crippen LogP contribution >= 0.6 is 31.9 Å². The molecule has 0 bridgehead atoms. The molecule has 1 unspecified atom stereocenters. The molecule has 0 aromatic heterocycles. The molecular weight excluding hydrogens is 392 g/mol. The Bertz CT molecular complexity index is 811. The summed E-state index contributed by atoms with van der Waals surface area (Å²) in [5.41, 5.74) is 2.92. The summed E-state index contributed by atoms with van der Waals surface area (Å²) >= 11 is 7.01. The van der Waals surface area contributed by atoms with Crippen LogP contribution < -0.4 is 0 Å². The largest absolute Gasteiger partial charge is 0.384 e. The summed E-state index contributed by atoms with van der Waals surface area (Å²) in [4.78, 5) is 0. The third kappa shape index (κ3) is 2.78. The van der Waals surface area contributed by atoms with Crippen LogP contribution in [0.15, 0.2) is 63.5 Å². The van der Waals surface area contributed by atoms with Crippen molar-refractivity contribution in [2.45, 2.75) is 13.0 Å². The van der Waals surface area contributed by atoms with Crippen LogP contribution in [-0.2, 0) is 0 Å². The number of aliphatic hydroxyl groups is 1. The van der Waals surface area contributed by atoms with Crippen LogP contribution in [0.1, 0.15) is 22.8 Å². The lowest BCUT2D eigenvalue weighted by Gasteiger charge is -2.18. The smallest absolute Gasteiger partial charge is 0.106 e. The second-order valence-electron chi connectivity index (χ2n) is 5.09. The van der Waals surface area contributed by atoms with Gasteiger partial charge < -0.3 is 5.11 Å². The van der Waals surface area contributed by atoms with Gasteiger partial charge in [0.15, 0.2) is 0 Å². The molecule has 0 spiro atoms. The SMILES string of the molecule is Cc1ccc2ccccc2c1C(O)c1cc(Br)ccc1Br. The molecule has 0 aliphatic heterocycles. The Morgan fingerprint density at radius 3 is 2.52 bits per heavy atom. The number of hydrogen-bond acceptors (Lipinski definition) is 1. The molecule has 1 N–H and O–H groups in total. The zero-order valence-corrected chi connectivity index (χ0v) is 14.6. The zero-order chi connectivity index (χ0) is 15.0. The van der Waals surface area contributed by atoms with Crippen LogP contribution in [0.3, 0.4) is 0 Å². The number of hydrogen-bond donors (Lipinski definition) is 1. The van der Waals surface area contributed by atoms with Gasteiger partial charge in [-0.05, 0) is 47.0 Å². The predicted octanol–water partition coefficient (Wildman–Crippen LogP) is 5.75. The van der Waals surface area contributed by atoms with E-state index in [2.05, 4.69) is 56.1 Å². The van der Waals surface area contributed by atoms with Gasteiger partial charge in [0.05, 0.1) is 0 Å². The quantitative estimate of drug-likeness (QED) is 0.574. The number of halogens is 2. The molecule has 0 aliphatic carbocycles. The molecule has 0 saturated carbocycles. The molecule has 3 heteroatoms. The first-order valence-electron chi connectivity index (χ1n) is 6.69. The zero-order valence-electron chi connectivity index (χ0n) is 11.5. The molecule has 0 aliphatic rings. The third-order valence-corrected chi connectivity index (χ3v) is 4.93. The minimum absolute atomic E-state index is 0.664. The van der Waals surface area contributed by atoms with Crippen molar-refractivity contribution in [2.75, 3.05) is 0 Å². The third-order valence-electron chi connectivity index (χ3n) is 3.71. The highest BCUT2D eigenvalue weighted by Gasteiger charge is 2.18. The van der Waals surface area contributed by atoms with Crippen LogP contribution in [0, 0.1) is 6.92 Å². The minimum Gasteiger partial charge on any atom is -0.384 e. The van der Waals surface area contributed by atoms with E-state index < -0.39 is 6.10 Å². The Morgan fingerprint density at radius 1 is 0.952 bits per heavy atom. The summed E-state index contributed by atoms with van der Waals surface area (Å²) in [5.74, 6) is 0. The first kappa shape index (κ1) is 14.8. The van der Waals surface area contributed by atoms with E-state index in [1.54, 1.807) is 0 Å². The summed E-state index contributed by atoms with van der Waals surface area (Å²) in [6.07, 6.45) is -0.664. The van der Waals surface area contributed by atoms with E-state index in [0.717, 1.165) is 36.4 Å². The number of aliphatic hydroxyl groups excluding tert-OH is 1. The molecule has 21 heavy (non-hydrogen) atoms. The number of fused-ring (bicyclic) bond motifs is 1. The van der Waals surface area contributed by atoms with Gasteiger partial charge in [-0.1, -0.05) is 68.3 Å². The van der Waals surface area contributed by atoms with Crippen molar-refractivity contribution in [3.8, 4) is 0 Å². The molecule has 0 heterocycles. The van der Waals surface area contributed by atoms with Gasteiger partial charge in [0.1, 0.15) is 6.10 Å². The average molecular weight is 406 g/mol. The van der Waals surface area contributed by atoms with Crippen LogP contribution in [0.4, 0.5) is 0 Å². The van der Waals surface area contributed by atoms with Crippen LogP contribution in [-0.4, -0.2) is 5.11 Å². The Morgan fingerprint density at radius 2 is 1.71 bits per heavy atom. The van der Waals surface area contributed by atoms with Crippen molar-refractivity contribution < 1.29 is 5.11 Å². The fraction of sp³-hybridized carbons (Fsp3) is 0.111. The highest BCUT2D eigenvalue weighted by Crippen LogP contribution is 2.36. The summed E-state index contributed by atoms with van der Waals surface area (Å²) < 4.78 is 1.86. The van der Waals surface area contributed by atoms with Gasteiger partial charge in [-0.25, -0.2) is 0 Å². The standard InChI is InChI=1S/C18H14Br2O/c1-11-6-7-12-4-2-3-5-14(12)17(11)18(21)15-10-13(19)8-9-16(15)20/h2-10,18,21H,1H3. The topological polar surface area (TPSA) is 20.2 Å². The summed E-state index contributed by atoms with van der Waals surface area (Å²) in [7, 11) is 0. The molecule has 106 valence electrons. The van der Waals surface area contributed by atoms with Gasteiger partial charge >= 0.3 is 0 Å². The molecule has 1 nitrogen and oxygen atoms in total. The van der Waals surface area contributed by atoms with Crippen molar-refractivity contribution in [1.82, 2.24) is 0 Å². The molecule has 0 fully saturated rings. The maximum absolute atomic E-state index is 10.9. The maximum Gasteiger partial charge on any atom is 0.106 e. The van der Waals surface area contributed by atoms with E-state index in [1.165, 1.54) is 0 Å². The van der Waals surface area contributed by atoms with E-state index in [9.17, 15) is 5.11 Å². The van der Waals surface area contributed by atoms with Crippen LogP contribution in [0.25, 0.3) is 10.8 Å². The normalized spacial score (nSPS) is 12.6. The van der Waals surface area contributed by atoms with E-state index in [1.807, 2.05) is 37.3 Å². The van der Waals surface area contributed by atoms with Crippen molar-refractivity contribution in [1.29, 1.82) is 0 Å². The highest BCUT2D eigenvalue weighted by atomic mass is 79.9. The lowest BCUT2D eigenvalue weighted by atomic mass is 9.92. The second kappa shape index (κ2) is 5.91. The van der Waals surface area contributed by atoms with Crippen LogP contribution in [0.2, 0.25) is 0 Å².